The van der Waals surface area contributed by atoms with E-state index in [4.69, 9.17) is 9.47 Å². The van der Waals surface area contributed by atoms with Gasteiger partial charge in [0.05, 0.1) is 24.9 Å². The van der Waals surface area contributed by atoms with Gasteiger partial charge >= 0.3 is 0 Å². The lowest BCUT2D eigenvalue weighted by Crippen LogP contribution is -2.36. The molecule has 3 rings (SSSR count). The molecule has 1 aromatic heterocycles. The molecule has 0 aliphatic carbocycles. The Bertz CT molecular complexity index is 572. The first-order valence-corrected chi connectivity index (χ1v) is 7.09. The summed E-state index contributed by atoms with van der Waals surface area (Å²) < 4.78 is 32.8. The molecule has 106 valence electrons. The van der Waals surface area contributed by atoms with E-state index < -0.39 is 0 Å². The number of morpholine rings is 1. The van der Waals surface area contributed by atoms with Crippen molar-refractivity contribution in [1.82, 2.24) is 8.75 Å². The van der Waals surface area contributed by atoms with E-state index in [1.54, 1.807) is 18.2 Å². The zero-order chi connectivity index (χ0) is 13.8. The van der Waals surface area contributed by atoms with Gasteiger partial charge in [0.25, 0.3) is 5.88 Å². The maximum atomic E-state index is 13.5. The third-order valence-electron chi connectivity index (χ3n) is 3.08. The fourth-order valence-electron chi connectivity index (χ4n) is 2.00. The van der Waals surface area contributed by atoms with Crippen molar-refractivity contribution < 1.29 is 13.9 Å². The fourth-order valence-corrected chi connectivity index (χ4v) is 2.52. The van der Waals surface area contributed by atoms with E-state index in [2.05, 4.69) is 13.6 Å². The van der Waals surface area contributed by atoms with Crippen molar-refractivity contribution in [2.45, 2.75) is 6.61 Å². The maximum absolute atomic E-state index is 13.5. The Balaban J connectivity index is 1.69. The number of nitrogens with zero attached hydrogens (tertiary/aromatic N) is 3. The Labute approximate surface area is 120 Å². The van der Waals surface area contributed by atoms with Crippen molar-refractivity contribution in [3.63, 3.8) is 0 Å². The number of halogens is 1. The van der Waals surface area contributed by atoms with Gasteiger partial charge < -0.3 is 14.4 Å². The molecule has 0 radical (unpaired) electrons. The first-order chi connectivity index (χ1) is 9.84. The lowest BCUT2D eigenvalue weighted by atomic mass is 10.2. The van der Waals surface area contributed by atoms with Crippen molar-refractivity contribution in [2.24, 2.45) is 0 Å². The van der Waals surface area contributed by atoms with Crippen LogP contribution in [-0.2, 0) is 11.3 Å². The molecule has 0 amide bonds. The van der Waals surface area contributed by atoms with E-state index in [0.29, 0.717) is 24.7 Å². The van der Waals surface area contributed by atoms with Gasteiger partial charge in [-0.1, -0.05) is 18.2 Å². The summed E-state index contributed by atoms with van der Waals surface area (Å²) in [7, 11) is 0. The third kappa shape index (κ3) is 2.88. The van der Waals surface area contributed by atoms with Gasteiger partial charge in [0.1, 0.15) is 12.4 Å². The summed E-state index contributed by atoms with van der Waals surface area (Å²) in [4.78, 5) is 2.07. The molecule has 5 nitrogen and oxygen atoms in total. The van der Waals surface area contributed by atoms with Gasteiger partial charge in [0, 0.05) is 18.7 Å². The second-order valence-corrected chi connectivity index (χ2v) is 4.90. The van der Waals surface area contributed by atoms with Crippen LogP contribution in [0.5, 0.6) is 5.88 Å². The quantitative estimate of drug-likeness (QED) is 0.864. The lowest BCUT2D eigenvalue weighted by Gasteiger charge is -2.26. The normalized spacial score (nSPS) is 15.3. The van der Waals surface area contributed by atoms with E-state index in [1.807, 2.05) is 0 Å². The lowest BCUT2D eigenvalue weighted by molar-refractivity contribution is 0.122. The van der Waals surface area contributed by atoms with Crippen molar-refractivity contribution >= 4 is 17.5 Å². The largest absolute Gasteiger partial charge is 0.469 e. The maximum Gasteiger partial charge on any atom is 0.271 e. The molecule has 0 bridgehead atoms. The fraction of sp³-hybridized carbons (Fsp3) is 0.385. The molecule has 1 aromatic carbocycles. The van der Waals surface area contributed by atoms with Gasteiger partial charge in [-0.3, -0.25) is 0 Å². The van der Waals surface area contributed by atoms with Gasteiger partial charge in [-0.2, -0.15) is 4.37 Å². The smallest absolute Gasteiger partial charge is 0.271 e. The number of anilines is 1. The molecule has 1 fully saturated rings. The van der Waals surface area contributed by atoms with Crippen molar-refractivity contribution in [3.05, 3.63) is 35.6 Å². The van der Waals surface area contributed by atoms with Crippen LogP contribution in [0.25, 0.3) is 0 Å². The summed E-state index contributed by atoms with van der Waals surface area (Å²) in [5.74, 6) is 0.901. The predicted molar refractivity (Wildman–Crippen MR) is 73.7 cm³/mol. The standard InChI is InChI=1S/C13H14FN3O2S/c14-11-4-2-1-3-10(11)9-19-13-12(15-20-16-13)17-5-7-18-8-6-17/h1-4H,5-9H2. The first-order valence-electron chi connectivity index (χ1n) is 6.36. The second-order valence-electron chi connectivity index (χ2n) is 4.37. The predicted octanol–water partition coefficient (Wildman–Crippen LogP) is 2.09. The Morgan fingerprint density at radius 3 is 2.85 bits per heavy atom. The van der Waals surface area contributed by atoms with Crippen LogP contribution in [0.2, 0.25) is 0 Å². The average Bonchev–Trinajstić information content (AvgIpc) is 2.96. The number of hydrogen-bond acceptors (Lipinski definition) is 6. The van der Waals surface area contributed by atoms with Gasteiger partial charge in [0.2, 0.25) is 5.82 Å². The Morgan fingerprint density at radius 2 is 2.05 bits per heavy atom. The topological polar surface area (TPSA) is 47.5 Å². The summed E-state index contributed by atoms with van der Waals surface area (Å²) in [6, 6.07) is 6.55. The number of ether oxygens (including phenoxy) is 2. The summed E-state index contributed by atoms with van der Waals surface area (Å²) >= 11 is 1.10. The molecule has 0 saturated carbocycles. The first kappa shape index (κ1) is 13.3. The Morgan fingerprint density at radius 1 is 1.25 bits per heavy atom. The minimum atomic E-state index is -0.274. The molecule has 7 heteroatoms. The molecular formula is C13H14FN3O2S. The Kier molecular flexibility index (Phi) is 4.08. The van der Waals surface area contributed by atoms with Gasteiger partial charge in [-0.15, -0.1) is 4.37 Å². The van der Waals surface area contributed by atoms with Crippen LogP contribution in [0.4, 0.5) is 10.2 Å². The SMILES string of the molecule is Fc1ccccc1COc1nsnc1N1CCOCC1. The third-order valence-corrected chi connectivity index (χ3v) is 3.58. The zero-order valence-electron chi connectivity index (χ0n) is 10.8. The summed E-state index contributed by atoms with van der Waals surface area (Å²) in [6.45, 7) is 3.02. The van der Waals surface area contributed by atoms with Crippen molar-refractivity contribution in [3.8, 4) is 5.88 Å². The van der Waals surface area contributed by atoms with Gasteiger partial charge in [0.15, 0.2) is 0 Å². The van der Waals surface area contributed by atoms with E-state index in [1.165, 1.54) is 6.07 Å². The number of benzene rings is 1. The number of hydrogen-bond donors (Lipinski definition) is 0. The van der Waals surface area contributed by atoms with Crippen LogP contribution in [0.1, 0.15) is 5.56 Å². The van der Waals surface area contributed by atoms with Crippen LogP contribution in [0.15, 0.2) is 24.3 Å². The molecule has 2 aromatic rings. The molecule has 0 unspecified atom stereocenters. The monoisotopic (exact) mass is 295 g/mol. The molecule has 1 aliphatic rings. The summed E-state index contributed by atoms with van der Waals surface area (Å²) in [5.41, 5.74) is 0.508. The van der Waals surface area contributed by atoms with Gasteiger partial charge in [-0.25, -0.2) is 4.39 Å². The van der Waals surface area contributed by atoms with E-state index >= 15 is 0 Å². The van der Waals surface area contributed by atoms with Crippen LogP contribution in [0.3, 0.4) is 0 Å². The number of aromatic nitrogens is 2. The van der Waals surface area contributed by atoms with Crippen molar-refractivity contribution in [2.75, 3.05) is 31.2 Å². The molecule has 20 heavy (non-hydrogen) atoms. The minimum absolute atomic E-state index is 0.148. The average molecular weight is 295 g/mol. The number of rotatable bonds is 4. The van der Waals surface area contributed by atoms with Crippen LogP contribution < -0.4 is 9.64 Å². The second kappa shape index (κ2) is 6.15. The molecular weight excluding hydrogens is 281 g/mol. The zero-order valence-corrected chi connectivity index (χ0v) is 11.6. The molecule has 0 N–H and O–H groups in total. The highest BCUT2D eigenvalue weighted by Gasteiger charge is 2.20. The van der Waals surface area contributed by atoms with Crippen molar-refractivity contribution in [1.29, 1.82) is 0 Å². The molecule has 0 spiro atoms. The van der Waals surface area contributed by atoms with Crippen LogP contribution in [0, 0.1) is 5.82 Å². The summed E-state index contributed by atoms with van der Waals surface area (Å²) in [6.07, 6.45) is 0. The van der Waals surface area contributed by atoms with Crippen LogP contribution in [-0.4, -0.2) is 35.1 Å². The van der Waals surface area contributed by atoms with Gasteiger partial charge in [-0.05, 0) is 6.07 Å². The highest BCUT2D eigenvalue weighted by Crippen LogP contribution is 2.27. The van der Waals surface area contributed by atoms with Crippen LogP contribution >= 0.6 is 11.7 Å². The van der Waals surface area contributed by atoms with E-state index in [-0.39, 0.29) is 12.4 Å². The minimum Gasteiger partial charge on any atom is -0.469 e. The molecule has 0 atom stereocenters. The van der Waals surface area contributed by atoms with E-state index in [0.717, 1.165) is 30.6 Å². The molecule has 2 heterocycles. The highest BCUT2D eigenvalue weighted by atomic mass is 32.1. The Hall–Kier alpha value is -1.73. The molecule has 1 aliphatic heterocycles. The summed E-state index contributed by atoms with van der Waals surface area (Å²) in [5, 5.41) is 0. The van der Waals surface area contributed by atoms with E-state index in [9.17, 15) is 4.39 Å². The molecule has 1 saturated heterocycles. The highest BCUT2D eigenvalue weighted by molar-refractivity contribution is 6.99.